The second kappa shape index (κ2) is 6.02. The molecule has 0 amide bonds. The Balaban J connectivity index is 0.00000256. The Labute approximate surface area is 103 Å². The van der Waals surface area contributed by atoms with Crippen LogP contribution in [0.15, 0.2) is 30.9 Å². The molecule has 1 nitrogen and oxygen atoms in total. The maximum Gasteiger partial charge on any atom is 0.419 e. The Kier molecular flexibility index (Phi) is 5.64. The van der Waals surface area contributed by atoms with Crippen LogP contribution in [0.1, 0.15) is 23.6 Å². The maximum absolute atomic E-state index is 13.5. The van der Waals surface area contributed by atoms with Crippen molar-refractivity contribution in [2.45, 2.75) is 18.6 Å². The van der Waals surface area contributed by atoms with Crippen LogP contribution in [0.3, 0.4) is 0 Å². The van der Waals surface area contributed by atoms with E-state index in [2.05, 4.69) is 6.58 Å². The minimum atomic E-state index is -4.70. The van der Waals surface area contributed by atoms with Crippen LogP contribution in [0.5, 0.6) is 0 Å². The molecule has 17 heavy (non-hydrogen) atoms. The quantitative estimate of drug-likeness (QED) is 0.655. The van der Waals surface area contributed by atoms with Crippen LogP contribution in [-0.2, 0) is 6.18 Å². The average molecular weight is 270 g/mol. The summed E-state index contributed by atoms with van der Waals surface area (Å²) in [6, 6.07) is 2.28. The van der Waals surface area contributed by atoms with Crippen LogP contribution < -0.4 is 5.73 Å². The van der Waals surface area contributed by atoms with Gasteiger partial charge < -0.3 is 5.73 Å². The molecular weight excluding hydrogens is 258 g/mol. The first kappa shape index (κ1) is 15.9. The van der Waals surface area contributed by atoms with Crippen LogP contribution in [0, 0.1) is 5.82 Å². The van der Waals surface area contributed by atoms with E-state index in [4.69, 9.17) is 5.73 Å². The molecule has 0 aliphatic carbocycles. The normalized spacial score (nSPS) is 12.8. The highest BCUT2D eigenvalue weighted by Crippen LogP contribution is 2.33. The fraction of sp³-hybridized carbons (Fsp3) is 0.273. The van der Waals surface area contributed by atoms with Crippen molar-refractivity contribution in [2.75, 3.05) is 0 Å². The van der Waals surface area contributed by atoms with E-state index in [0.29, 0.717) is 6.07 Å². The van der Waals surface area contributed by atoms with Gasteiger partial charge in [-0.2, -0.15) is 13.2 Å². The number of hydrogen-bond acceptors (Lipinski definition) is 1. The zero-order valence-corrected chi connectivity index (χ0v) is 9.61. The first-order valence-electron chi connectivity index (χ1n) is 4.60. The summed E-state index contributed by atoms with van der Waals surface area (Å²) >= 11 is 0. The first-order chi connectivity index (χ1) is 7.38. The van der Waals surface area contributed by atoms with E-state index in [1.54, 1.807) is 0 Å². The Morgan fingerprint density at radius 1 is 1.35 bits per heavy atom. The van der Waals surface area contributed by atoms with Gasteiger partial charge in [0.1, 0.15) is 5.82 Å². The van der Waals surface area contributed by atoms with Gasteiger partial charge in [0, 0.05) is 11.6 Å². The Morgan fingerprint density at radius 2 is 1.94 bits per heavy atom. The molecule has 0 fully saturated rings. The summed E-state index contributed by atoms with van der Waals surface area (Å²) in [4.78, 5) is 0. The van der Waals surface area contributed by atoms with E-state index in [1.165, 1.54) is 12.1 Å². The molecule has 96 valence electrons. The molecule has 0 heterocycles. The summed E-state index contributed by atoms with van der Waals surface area (Å²) in [5.41, 5.74) is 4.11. The summed E-state index contributed by atoms with van der Waals surface area (Å²) in [6.45, 7) is 3.40. The van der Waals surface area contributed by atoms with Gasteiger partial charge in [0.05, 0.1) is 5.56 Å². The van der Waals surface area contributed by atoms with E-state index in [1.807, 2.05) is 0 Å². The van der Waals surface area contributed by atoms with Crippen molar-refractivity contribution in [1.82, 2.24) is 0 Å². The van der Waals surface area contributed by atoms with E-state index in [9.17, 15) is 17.6 Å². The van der Waals surface area contributed by atoms with Gasteiger partial charge in [-0.15, -0.1) is 19.0 Å². The van der Waals surface area contributed by atoms with Crippen LogP contribution >= 0.6 is 12.4 Å². The van der Waals surface area contributed by atoms with Crippen LogP contribution in [0.4, 0.5) is 17.6 Å². The molecule has 0 unspecified atom stereocenters. The van der Waals surface area contributed by atoms with E-state index in [-0.39, 0.29) is 24.4 Å². The van der Waals surface area contributed by atoms with Gasteiger partial charge >= 0.3 is 6.18 Å². The number of rotatable bonds is 3. The summed E-state index contributed by atoms with van der Waals surface area (Å²) in [7, 11) is 0. The van der Waals surface area contributed by atoms with Crippen molar-refractivity contribution in [3.8, 4) is 0 Å². The maximum atomic E-state index is 13.5. The van der Waals surface area contributed by atoms with Gasteiger partial charge in [-0.25, -0.2) is 4.39 Å². The third-order valence-corrected chi connectivity index (χ3v) is 2.15. The predicted octanol–water partition coefficient (Wildman–Crippen LogP) is 3.84. The third kappa shape index (κ3) is 3.71. The van der Waals surface area contributed by atoms with Crippen molar-refractivity contribution in [3.05, 3.63) is 47.8 Å². The van der Waals surface area contributed by atoms with Gasteiger partial charge in [0.15, 0.2) is 0 Å². The van der Waals surface area contributed by atoms with Gasteiger partial charge in [-0.3, -0.25) is 0 Å². The van der Waals surface area contributed by atoms with Gasteiger partial charge in [0.25, 0.3) is 0 Å². The number of alkyl halides is 3. The average Bonchev–Trinajstić information content (AvgIpc) is 2.16. The van der Waals surface area contributed by atoms with Crippen molar-refractivity contribution in [3.63, 3.8) is 0 Å². The lowest BCUT2D eigenvalue weighted by molar-refractivity contribution is -0.140. The SMILES string of the molecule is C=CC[C@H](N)c1cccc(C(F)(F)F)c1F.Cl. The third-order valence-electron chi connectivity index (χ3n) is 2.15. The molecule has 0 aliphatic heterocycles. The molecule has 0 radical (unpaired) electrons. The van der Waals surface area contributed by atoms with Crippen molar-refractivity contribution < 1.29 is 17.6 Å². The van der Waals surface area contributed by atoms with E-state index in [0.717, 1.165) is 6.07 Å². The summed E-state index contributed by atoms with van der Waals surface area (Å²) < 4.78 is 50.6. The lowest BCUT2D eigenvalue weighted by Gasteiger charge is -2.14. The zero-order valence-electron chi connectivity index (χ0n) is 8.80. The fourth-order valence-electron chi connectivity index (χ4n) is 1.36. The minimum absolute atomic E-state index is 0. The van der Waals surface area contributed by atoms with Gasteiger partial charge in [-0.1, -0.05) is 18.2 Å². The van der Waals surface area contributed by atoms with Gasteiger partial charge in [-0.05, 0) is 12.5 Å². The van der Waals surface area contributed by atoms with Crippen LogP contribution in [0.2, 0.25) is 0 Å². The molecule has 0 aliphatic rings. The Hall–Kier alpha value is -1.07. The predicted molar refractivity (Wildman–Crippen MR) is 60.4 cm³/mol. The molecular formula is C11H12ClF4N. The lowest BCUT2D eigenvalue weighted by Crippen LogP contribution is -2.15. The molecule has 0 aromatic heterocycles. The smallest absolute Gasteiger partial charge is 0.324 e. The Morgan fingerprint density at radius 3 is 2.41 bits per heavy atom. The topological polar surface area (TPSA) is 26.0 Å². The van der Waals surface area contributed by atoms with Crippen LogP contribution in [-0.4, -0.2) is 0 Å². The van der Waals surface area contributed by atoms with Crippen molar-refractivity contribution >= 4 is 12.4 Å². The highest BCUT2D eigenvalue weighted by molar-refractivity contribution is 5.85. The highest BCUT2D eigenvalue weighted by atomic mass is 35.5. The highest BCUT2D eigenvalue weighted by Gasteiger charge is 2.35. The largest absolute Gasteiger partial charge is 0.419 e. The standard InChI is InChI=1S/C11H11F4N.ClH/c1-2-4-9(16)7-5-3-6-8(10(7)12)11(13,14)15;/h2-3,5-6,9H,1,4,16H2;1H/t9-;/m0./s1. The number of halogens is 5. The molecule has 0 bridgehead atoms. The lowest BCUT2D eigenvalue weighted by atomic mass is 10.0. The fourth-order valence-corrected chi connectivity index (χ4v) is 1.36. The molecule has 1 atom stereocenters. The Bertz CT molecular complexity index is 390. The molecule has 0 saturated heterocycles. The molecule has 0 spiro atoms. The monoisotopic (exact) mass is 269 g/mol. The molecule has 1 aromatic carbocycles. The summed E-state index contributed by atoms with van der Waals surface area (Å²) in [6.07, 6.45) is -3.05. The van der Waals surface area contributed by atoms with Crippen molar-refractivity contribution in [1.29, 1.82) is 0 Å². The summed E-state index contributed by atoms with van der Waals surface area (Å²) in [5, 5.41) is 0. The summed E-state index contributed by atoms with van der Waals surface area (Å²) in [5.74, 6) is -1.30. The minimum Gasteiger partial charge on any atom is -0.324 e. The van der Waals surface area contributed by atoms with Crippen LogP contribution in [0.25, 0.3) is 0 Å². The number of hydrogen-bond donors (Lipinski definition) is 1. The van der Waals surface area contributed by atoms with Crippen molar-refractivity contribution in [2.24, 2.45) is 5.73 Å². The molecule has 1 aromatic rings. The second-order valence-corrected chi connectivity index (χ2v) is 3.34. The van der Waals surface area contributed by atoms with Gasteiger partial charge in [0.2, 0.25) is 0 Å². The second-order valence-electron chi connectivity index (χ2n) is 3.34. The van der Waals surface area contributed by atoms with E-state index < -0.39 is 23.6 Å². The van der Waals surface area contributed by atoms with E-state index >= 15 is 0 Å². The molecule has 6 heteroatoms. The number of benzene rings is 1. The molecule has 1 rings (SSSR count). The number of nitrogens with two attached hydrogens (primary N) is 1. The first-order valence-corrected chi connectivity index (χ1v) is 4.60. The zero-order chi connectivity index (χ0) is 12.3. The molecule has 0 saturated carbocycles. The molecule has 2 N–H and O–H groups in total.